The molecular weight excluding hydrogens is 216 g/mol. The van der Waals surface area contributed by atoms with E-state index in [4.69, 9.17) is 9.52 Å². The van der Waals surface area contributed by atoms with Crippen molar-refractivity contribution in [2.45, 2.75) is 32.4 Å². The summed E-state index contributed by atoms with van der Waals surface area (Å²) < 4.78 is 5.58. The zero-order valence-electron chi connectivity index (χ0n) is 10.5. The molecule has 17 heavy (non-hydrogen) atoms. The number of aliphatic hydroxyl groups excluding tert-OH is 1. The number of hydrogen-bond acceptors (Lipinski definition) is 4. The summed E-state index contributed by atoms with van der Waals surface area (Å²) in [5, 5.41) is 12.6. The molecular formula is C13H22N2O2. The fraction of sp³-hybridized carbons (Fsp3) is 0.692. The SMILES string of the molecule is Cc1ccc(CN(CCO)CC2CCCN2)o1. The highest BCUT2D eigenvalue weighted by Crippen LogP contribution is 2.12. The zero-order valence-corrected chi connectivity index (χ0v) is 10.5. The molecule has 1 aliphatic rings. The molecule has 0 aromatic carbocycles. The lowest BCUT2D eigenvalue weighted by Crippen LogP contribution is -2.38. The van der Waals surface area contributed by atoms with Crippen LogP contribution < -0.4 is 5.32 Å². The van der Waals surface area contributed by atoms with Gasteiger partial charge in [-0.1, -0.05) is 0 Å². The molecule has 1 aromatic rings. The van der Waals surface area contributed by atoms with E-state index in [1.807, 2.05) is 19.1 Å². The highest BCUT2D eigenvalue weighted by atomic mass is 16.3. The third-order valence-corrected chi connectivity index (χ3v) is 3.23. The average Bonchev–Trinajstić information content (AvgIpc) is 2.91. The second kappa shape index (κ2) is 6.19. The van der Waals surface area contributed by atoms with E-state index in [2.05, 4.69) is 10.2 Å². The molecule has 1 aliphatic heterocycles. The Labute approximate surface area is 103 Å². The van der Waals surface area contributed by atoms with Crippen LogP contribution in [0.2, 0.25) is 0 Å². The van der Waals surface area contributed by atoms with Gasteiger partial charge in [0, 0.05) is 19.1 Å². The first-order chi connectivity index (χ1) is 8.28. The van der Waals surface area contributed by atoms with Crippen molar-refractivity contribution in [1.29, 1.82) is 0 Å². The Morgan fingerprint density at radius 3 is 3.00 bits per heavy atom. The van der Waals surface area contributed by atoms with Crippen LogP contribution in [0.3, 0.4) is 0 Å². The smallest absolute Gasteiger partial charge is 0.118 e. The number of rotatable bonds is 6. The number of furan rings is 1. The van der Waals surface area contributed by atoms with Crippen LogP contribution >= 0.6 is 0 Å². The van der Waals surface area contributed by atoms with Crippen LogP contribution in [-0.4, -0.2) is 42.3 Å². The molecule has 4 nitrogen and oxygen atoms in total. The molecule has 0 spiro atoms. The minimum Gasteiger partial charge on any atom is -0.465 e. The van der Waals surface area contributed by atoms with E-state index >= 15 is 0 Å². The minimum absolute atomic E-state index is 0.201. The summed E-state index contributed by atoms with van der Waals surface area (Å²) in [6.07, 6.45) is 2.50. The summed E-state index contributed by atoms with van der Waals surface area (Å²) in [4.78, 5) is 2.25. The predicted octanol–water partition coefficient (Wildman–Crippen LogP) is 1.13. The van der Waals surface area contributed by atoms with E-state index in [-0.39, 0.29) is 6.61 Å². The number of nitrogens with zero attached hydrogens (tertiary/aromatic N) is 1. The molecule has 2 rings (SSSR count). The van der Waals surface area contributed by atoms with Crippen molar-refractivity contribution in [3.8, 4) is 0 Å². The van der Waals surface area contributed by atoms with Gasteiger partial charge >= 0.3 is 0 Å². The first kappa shape index (κ1) is 12.6. The van der Waals surface area contributed by atoms with Crippen LogP contribution in [-0.2, 0) is 6.54 Å². The second-order valence-electron chi connectivity index (χ2n) is 4.76. The summed E-state index contributed by atoms with van der Waals surface area (Å²) in [6.45, 7) is 5.76. The van der Waals surface area contributed by atoms with E-state index in [1.165, 1.54) is 12.8 Å². The molecule has 1 fully saturated rings. The maximum Gasteiger partial charge on any atom is 0.118 e. The molecule has 2 N–H and O–H groups in total. The maximum atomic E-state index is 9.10. The third-order valence-electron chi connectivity index (χ3n) is 3.23. The summed E-state index contributed by atoms with van der Waals surface area (Å²) in [5.74, 6) is 1.93. The highest BCUT2D eigenvalue weighted by Gasteiger charge is 2.18. The van der Waals surface area contributed by atoms with Gasteiger partial charge in [0.1, 0.15) is 11.5 Å². The number of aliphatic hydroxyl groups is 1. The summed E-state index contributed by atoms with van der Waals surface area (Å²) >= 11 is 0. The molecule has 0 aliphatic carbocycles. The van der Waals surface area contributed by atoms with Crippen LogP contribution in [0.1, 0.15) is 24.4 Å². The van der Waals surface area contributed by atoms with Crippen molar-refractivity contribution < 1.29 is 9.52 Å². The first-order valence-electron chi connectivity index (χ1n) is 6.40. The Morgan fingerprint density at radius 1 is 1.53 bits per heavy atom. The van der Waals surface area contributed by atoms with Crippen molar-refractivity contribution in [2.75, 3.05) is 26.2 Å². The van der Waals surface area contributed by atoms with Crippen LogP contribution in [0, 0.1) is 6.92 Å². The first-order valence-corrected chi connectivity index (χ1v) is 6.40. The van der Waals surface area contributed by atoms with Crippen molar-refractivity contribution in [3.63, 3.8) is 0 Å². The Balaban J connectivity index is 1.87. The van der Waals surface area contributed by atoms with E-state index in [9.17, 15) is 0 Å². The number of aryl methyl sites for hydroxylation is 1. The monoisotopic (exact) mass is 238 g/mol. The largest absolute Gasteiger partial charge is 0.465 e. The van der Waals surface area contributed by atoms with Gasteiger partial charge in [-0.05, 0) is 38.4 Å². The molecule has 0 radical (unpaired) electrons. The van der Waals surface area contributed by atoms with Crippen LogP contribution in [0.5, 0.6) is 0 Å². The van der Waals surface area contributed by atoms with E-state index in [0.717, 1.165) is 31.2 Å². The topological polar surface area (TPSA) is 48.6 Å². The molecule has 96 valence electrons. The van der Waals surface area contributed by atoms with Gasteiger partial charge in [0.2, 0.25) is 0 Å². The summed E-state index contributed by atoms with van der Waals surface area (Å²) in [5.41, 5.74) is 0. The van der Waals surface area contributed by atoms with Crippen LogP contribution in [0.4, 0.5) is 0 Å². The Hall–Kier alpha value is -0.840. The normalized spacial score (nSPS) is 20.3. The van der Waals surface area contributed by atoms with Gasteiger partial charge in [-0.15, -0.1) is 0 Å². The average molecular weight is 238 g/mol. The number of hydrogen-bond donors (Lipinski definition) is 2. The number of nitrogens with one attached hydrogen (secondary N) is 1. The van der Waals surface area contributed by atoms with Crippen molar-refractivity contribution in [1.82, 2.24) is 10.2 Å². The Morgan fingerprint density at radius 2 is 2.41 bits per heavy atom. The predicted molar refractivity (Wildman–Crippen MR) is 66.8 cm³/mol. The highest BCUT2D eigenvalue weighted by molar-refractivity contribution is 5.05. The lowest BCUT2D eigenvalue weighted by atomic mass is 10.2. The Kier molecular flexibility index (Phi) is 4.59. The molecule has 1 unspecified atom stereocenters. The van der Waals surface area contributed by atoms with Crippen molar-refractivity contribution in [2.24, 2.45) is 0 Å². The lowest BCUT2D eigenvalue weighted by molar-refractivity contribution is 0.169. The van der Waals surface area contributed by atoms with Crippen molar-refractivity contribution in [3.05, 3.63) is 23.7 Å². The van der Waals surface area contributed by atoms with Gasteiger partial charge in [-0.25, -0.2) is 0 Å². The molecule has 1 saturated heterocycles. The van der Waals surface area contributed by atoms with Gasteiger partial charge in [0.15, 0.2) is 0 Å². The second-order valence-corrected chi connectivity index (χ2v) is 4.76. The van der Waals surface area contributed by atoms with Crippen molar-refractivity contribution >= 4 is 0 Å². The minimum atomic E-state index is 0.201. The molecule has 0 amide bonds. The van der Waals surface area contributed by atoms with Gasteiger partial charge in [-0.2, -0.15) is 0 Å². The van der Waals surface area contributed by atoms with Crippen LogP contribution in [0.15, 0.2) is 16.5 Å². The molecule has 2 heterocycles. The van der Waals surface area contributed by atoms with E-state index in [1.54, 1.807) is 0 Å². The third kappa shape index (κ3) is 3.84. The summed E-state index contributed by atoms with van der Waals surface area (Å²) in [7, 11) is 0. The fourth-order valence-corrected chi connectivity index (χ4v) is 2.39. The lowest BCUT2D eigenvalue weighted by Gasteiger charge is -2.23. The molecule has 4 heteroatoms. The molecule has 1 atom stereocenters. The maximum absolute atomic E-state index is 9.10. The van der Waals surface area contributed by atoms with Crippen LogP contribution in [0.25, 0.3) is 0 Å². The summed E-state index contributed by atoms with van der Waals surface area (Å²) in [6, 6.07) is 4.57. The quantitative estimate of drug-likeness (QED) is 0.780. The van der Waals surface area contributed by atoms with Gasteiger partial charge in [0.25, 0.3) is 0 Å². The molecule has 0 bridgehead atoms. The fourth-order valence-electron chi connectivity index (χ4n) is 2.39. The van der Waals surface area contributed by atoms with Gasteiger partial charge in [-0.3, -0.25) is 4.90 Å². The van der Waals surface area contributed by atoms with Gasteiger partial charge in [0.05, 0.1) is 13.2 Å². The standard InChI is InChI=1S/C13H22N2O2/c1-11-4-5-13(17-11)10-15(7-8-16)9-12-3-2-6-14-12/h4-5,12,14,16H,2-3,6-10H2,1H3. The molecule has 0 saturated carbocycles. The zero-order chi connectivity index (χ0) is 12.1. The van der Waals surface area contributed by atoms with E-state index in [0.29, 0.717) is 12.6 Å². The van der Waals surface area contributed by atoms with Gasteiger partial charge < -0.3 is 14.8 Å². The molecule has 1 aromatic heterocycles. The van der Waals surface area contributed by atoms with E-state index < -0.39 is 0 Å². The Bertz CT molecular complexity index is 332.